The summed E-state index contributed by atoms with van der Waals surface area (Å²) in [4.78, 5) is 25.3. The van der Waals surface area contributed by atoms with Gasteiger partial charge in [0.15, 0.2) is 6.29 Å². The molecule has 0 fully saturated rings. The summed E-state index contributed by atoms with van der Waals surface area (Å²) in [6.45, 7) is 0.136. The van der Waals surface area contributed by atoms with E-state index in [1.165, 1.54) is 37.0 Å². The van der Waals surface area contributed by atoms with Gasteiger partial charge in [0.05, 0.1) is 12.2 Å². The smallest absolute Gasteiger partial charge is 0.412 e. The number of hydrogen-bond donors (Lipinski definition) is 1. The van der Waals surface area contributed by atoms with Gasteiger partial charge < -0.3 is 18.8 Å². The molecule has 162 valence electrons. The van der Waals surface area contributed by atoms with Crippen LogP contribution in [-0.2, 0) is 27.4 Å². The maximum Gasteiger partial charge on any atom is 0.412 e. The fraction of sp³-hybridized carbons (Fsp3) is 0.217. The lowest BCUT2D eigenvalue weighted by Crippen LogP contribution is -2.32. The van der Waals surface area contributed by atoms with Gasteiger partial charge in [0.1, 0.15) is 18.1 Å². The average Bonchev–Trinajstić information content (AvgIpc) is 2.79. The van der Waals surface area contributed by atoms with Gasteiger partial charge in [0.2, 0.25) is 0 Å². The van der Waals surface area contributed by atoms with Crippen LogP contribution in [-0.4, -0.2) is 31.2 Å². The van der Waals surface area contributed by atoms with E-state index in [2.05, 4.69) is 5.32 Å². The summed E-state index contributed by atoms with van der Waals surface area (Å²) in [7, 11) is 2.92. The van der Waals surface area contributed by atoms with E-state index in [1.807, 2.05) is 30.3 Å². The Morgan fingerprint density at radius 3 is 2.32 bits per heavy atom. The number of carbonyl (C=O) groups is 1. The second kappa shape index (κ2) is 10.5. The molecule has 0 unspecified atom stereocenters. The summed E-state index contributed by atoms with van der Waals surface area (Å²) in [6, 6.07) is 18.1. The molecule has 3 rings (SSSR count). The van der Waals surface area contributed by atoms with Crippen LogP contribution in [0.3, 0.4) is 0 Å². The van der Waals surface area contributed by atoms with Crippen molar-refractivity contribution in [2.45, 2.75) is 19.4 Å². The number of benzene rings is 2. The Bertz CT molecular complexity index is 1060. The number of hydrogen-bond acceptors (Lipinski definition) is 5. The first-order valence-corrected chi connectivity index (χ1v) is 9.55. The molecule has 31 heavy (non-hydrogen) atoms. The minimum atomic E-state index is -0.753. The zero-order chi connectivity index (χ0) is 22.2. The van der Waals surface area contributed by atoms with Crippen molar-refractivity contribution < 1.29 is 23.4 Å². The molecule has 0 radical (unpaired) electrons. The van der Waals surface area contributed by atoms with E-state index >= 15 is 0 Å². The summed E-state index contributed by atoms with van der Waals surface area (Å²) in [5.74, 6) is -0.385. The van der Waals surface area contributed by atoms with Gasteiger partial charge in [-0.25, -0.2) is 9.18 Å². The van der Waals surface area contributed by atoms with E-state index in [9.17, 15) is 14.0 Å². The highest BCUT2D eigenvalue weighted by atomic mass is 19.1. The Kier molecular flexibility index (Phi) is 7.53. The molecule has 3 aromatic rings. The number of nitrogens with zero attached hydrogens (tertiary/aromatic N) is 1. The molecule has 0 aliphatic carbocycles. The van der Waals surface area contributed by atoms with Crippen LogP contribution in [0.2, 0.25) is 0 Å². The van der Waals surface area contributed by atoms with Crippen LogP contribution in [0.1, 0.15) is 5.56 Å². The fourth-order valence-corrected chi connectivity index (χ4v) is 2.99. The van der Waals surface area contributed by atoms with Gasteiger partial charge in [0, 0.05) is 14.2 Å². The highest BCUT2D eigenvalue weighted by Crippen LogP contribution is 2.21. The monoisotopic (exact) mass is 426 g/mol. The predicted octanol–water partition coefficient (Wildman–Crippen LogP) is 4.02. The van der Waals surface area contributed by atoms with Gasteiger partial charge in [0.25, 0.3) is 5.56 Å². The van der Waals surface area contributed by atoms with Crippen LogP contribution in [0.25, 0.3) is 11.3 Å². The lowest BCUT2D eigenvalue weighted by Gasteiger charge is -2.19. The number of methoxy groups -OCH3 is 2. The van der Waals surface area contributed by atoms with Gasteiger partial charge in [-0.1, -0.05) is 30.3 Å². The highest BCUT2D eigenvalue weighted by Gasteiger charge is 2.17. The molecule has 1 aromatic heterocycles. The second-order valence-electron chi connectivity index (χ2n) is 6.64. The van der Waals surface area contributed by atoms with Crippen LogP contribution in [0.5, 0.6) is 0 Å². The molecule has 1 N–H and O–H groups in total. The normalized spacial score (nSPS) is 10.8. The summed E-state index contributed by atoms with van der Waals surface area (Å²) in [6.07, 6.45) is -1.45. The van der Waals surface area contributed by atoms with Crippen LogP contribution in [0, 0.1) is 5.82 Å². The third-order valence-electron chi connectivity index (χ3n) is 4.62. The number of rotatable bonds is 8. The number of halogens is 1. The molecular formula is C23H23FN2O5. The minimum absolute atomic E-state index is 0.0369. The maximum atomic E-state index is 13.3. The lowest BCUT2D eigenvalue weighted by atomic mass is 10.1. The number of pyridine rings is 1. The van der Waals surface area contributed by atoms with Crippen molar-refractivity contribution in [2.75, 3.05) is 19.5 Å². The number of ether oxygens (including phenoxy) is 3. The van der Waals surface area contributed by atoms with Crippen molar-refractivity contribution in [3.05, 3.63) is 88.5 Å². The first kappa shape index (κ1) is 22.2. The molecule has 0 spiro atoms. The second-order valence-corrected chi connectivity index (χ2v) is 6.64. The van der Waals surface area contributed by atoms with Crippen molar-refractivity contribution >= 4 is 11.8 Å². The van der Waals surface area contributed by atoms with E-state index in [-0.39, 0.29) is 24.7 Å². The maximum absolute atomic E-state index is 13.3. The molecule has 8 heteroatoms. The largest absolute Gasteiger partial charge is 0.444 e. The quantitative estimate of drug-likeness (QED) is 0.551. The molecule has 0 atom stereocenters. The number of nitrogens with one attached hydrogen (secondary N) is 1. The van der Waals surface area contributed by atoms with Crippen molar-refractivity contribution in [1.29, 1.82) is 0 Å². The summed E-state index contributed by atoms with van der Waals surface area (Å²) < 4.78 is 30.4. The van der Waals surface area contributed by atoms with Crippen LogP contribution < -0.4 is 10.9 Å². The third kappa shape index (κ3) is 5.78. The SMILES string of the molecule is COC(Cn1c(-c2ccc(F)cc2)ccc(NC(=O)OCc2ccccc2)c1=O)OC. The molecular weight excluding hydrogens is 403 g/mol. The summed E-state index contributed by atoms with van der Waals surface area (Å²) in [5.41, 5.74) is 1.53. The lowest BCUT2D eigenvalue weighted by molar-refractivity contribution is -0.111. The summed E-state index contributed by atoms with van der Waals surface area (Å²) in [5, 5.41) is 2.48. The molecule has 0 saturated heterocycles. The molecule has 0 bridgehead atoms. The molecule has 0 aliphatic heterocycles. The molecule has 1 amide bonds. The predicted molar refractivity (Wildman–Crippen MR) is 114 cm³/mol. The zero-order valence-electron chi connectivity index (χ0n) is 17.2. The first-order chi connectivity index (χ1) is 15.0. The minimum Gasteiger partial charge on any atom is -0.444 e. The van der Waals surface area contributed by atoms with Crippen molar-refractivity contribution in [3.8, 4) is 11.3 Å². The Hall–Kier alpha value is -3.49. The van der Waals surface area contributed by atoms with Gasteiger partial charge >= 0.3 is 6.09 Å². The van der Waals surface area contributed by atoms with E-state index in [1.54, 1.807) is 18.2 Å². The van der Waals surface area contributed by atoms with Crippen molar-refractivity contribution in [2.24, 2.45) is 0 Å². The van der Waals surface area contributed by atoms with Gasteiger partial charge in [-0.2, -0.15) is 0 Å². The van der Waals surface area contributed by atoms with Crippen molar-refractivity contribution in [1.82, 2.24) is 4.57 Å². The summed E-state index contributed by atoms with van der Waals surface area (Å²) >= 11 is 0. The van der Waals surface area contributed by atoms with Gasteiger partial charge in [-0.3, -0.25) is 10.1 Å². The van der Waals surface area contributed by atoms with Crippen LogP contribution in [0.4, 0.5) is 14.9 Å². The molecule has 7 nitrogen and oxygen atoms in total. The van der Waals surface area contributed by atoms with Crippen LogP contribution in [0.15, 0.2) is 71.5 Å². The molecule has 2 aromatic carbocycles. The third-order valence-corrected chi connectivity index (χ3v) is 4.62. The number of anilines is 1. The first-order valence-electron chi connectivity index (χ1n) is 9.55. The van der Waals surface area contributed by atoms with E-state index in [0.29, 0.717) is 11.3 Å². The van der Waals surface area contributed by atoms with E-state index < -0.39 is 17.9 Å². The molecule has 0 saturated carbocycles. The Balaban J connectivity index is 1.86. The van der Waals surface area contributed by atoms with E-state index in [4.69, 9.17) is 14.2 Å². The standard InChI is InChI=1S/C23H23FN2O5/c1-29-21(30-2)14-26-20(17-8-10-18(24)11-9-17)13-12-19(22(26)27)25-23(28)31-15-16-6-4-3-5-7-16/h3-13,21H,14-15H2,1-2H3,(H,25,28). The van der Waals surface area contributed by atoms with Crippen molar-refractivity contribution in [3.63, 3.8) is 0 Å². The molecule has 0 aliphatic rings. The number of amides is 1. The van der Waals surface area contributed by atoms with E-state index in [0.717, 1.165) is 5.56 Å². The van der Waals surface area contributed by atoms with Gasteiger partial charge in [-0.05, 0) is 47.5 Å². The molecule has 1 heterocycles. The Morgan fingerprint density at radius 1 is 1.00 bits per heavy atom. The Morgan fingerprint density at radius 2 is 1.68 bits per heavy atom. The fourth-order valence-electron chi connectivity index (χ4n) is 2.99. The van der Waals surface area contributed by atoms with Crippen LogP contribution >= 0.6 is 0 Å². The number of carbonyl (C=O) groups excluding carboxylic acids is 1. The van der Waals surface area contributed by atoms with Gasteiger partial charge in [-0.15, -0.1) is 0 Å². The average molecular weight is 426 g/mol. The number of aromatic nitrogens is 1. The highest BCUT2D eigenvalue weighted by molar-refractivity contribution is 5.84. The Labute approximate surface area is 179 Å². The topological polar surface area (TPSA) is 78.8 Å². The zero-order valence-corrected chi connectivity index (χ0v) is 17.2.